The van der Waals surface area contributed by atoms with Crippen LogP contribution >= 0.6 is 0 Å². The summed E-state index contributed by atoms with van der Waals surface area (Å²) in [6, 6.07) is 8.64. The highest BCUT2D eigenvalue weighted by atomic mass is 16.5. The molecule has 1 saturated carbocycles. The van der Waals surface area contributed by atoms with Crippen molar-refractivity contribution in [3.8, 4) is 5.75 Å². The number of ether oxygens (including phenoxy) is 1. The number of nitrogens with zero attached hydrogens (tertiary/aromatic N) is 3. The largest absolute Gasteiger partial charge is 0.497 e. The number of hydrogen-bond donors (Lipinski definition) is 3. The van der Waals surface area contributed by atoms with Crippen molar-refractivity contribution >= 4 is 11.9 Å². The molecule has 1 aliphatic carbocycles. The van der Waals surface area contributed by atoms with Gasteiger partial charge in [0.1, 0.15) is 5.75 Å². The summed E-state index contributed by atoms with van der Waals surface area (Å²) in [5.41, 5.74) is 3.06. The van der Waals surface area contributed by atoms with Gasteiger partial charge < -0.3 is 15.0 Å². The molecule has 1 saturated heterocycles. The Hall–Kier alpha value is -2.71. The van der Waals surface area contributed by atoms with Crippen LogP contribution in [-0.2, 0) is 6.54 Å². The third kappa shape index (κ3) is 3.21. The minimum atomic E-state index is -0.608. The van der Waals surface area contributed by atoms with E-state index in [0.717, 1.165) is 25.4 Å². The Morgan fingerprint density at radius 2 is 1.88 bits per heavy atom. The van der Waals surface area contributed by atoms with Crippen LogP contribution < -0.4 is 20.4 Å². The first kappa shape index (κ1) is 16.7. The van der Waals surface area contributed by atoms with E-state index in [1.165, 1.54) is 18.0 Å². The smallest absolute Gasteiger partial charge is 0.277 e. The maximum absolute atomic E-state index is 11.3. The molecule has 1 aliphatic heterocycles. The normalized spacial score (nSPS) is 23.5. The number of rotatable bonds is 6. The van der Waals surface area contributed by atoms with Crippen LogP contribution in [0.1, 0.15) is 15.9 Å². The van der Waals surface area contributed by atoms with Crippen LogP contribution in [0.4, 0.5) is 5.95 Å². The average Bonchev–Trinajstić information content (AvgIpc) is 3.15. The first-order chi connectivity index (χ1) is 12.7. The zero-order chi connectivity index (χ0) is 18.1. The van der Waals surface area contributed by atoms with Gasteiger partial charge in [-0.2, -0.15) is 0 Å². The standard InChI is InChI=1S/C18H21N5O3/c1-26-13-4-2-11(3-5-13)6-19-16-14-9-23(10-15(14)16)18-20-7-12(8-21-18)17(24)22-25/h2-5,7-8,14-16,19,25H,6,9-10H2,1H3,(H,22,24). The molecule has 0 radical (unpaired) electrons. The molecule has 0 spiro atoms. The van der Waals surface area contributed by atoms with E-state index in [1.807, 2.05) is 12.1 Å². The van der Waals surface area contributed by atoms with Gasteiger partial charge in [0.2, 0.25) is 5.95 Å². The van der Waals surface area contributed by atoms with Crippen LogP contribution in [0.5, 0.6) is 5.75 Å². The van der Waals surface area contributed by atoms with E-state index < -0.39 is 5.91 Å². The molecule has 0 bridgehead atoms. The third-order valence-corrected chi connectivity index (χ3v) is 5.18. The third-order valence-electron chi connectivity index (χ3n) is 5.18. The Bertz CT molecular complexity index is 768. The molecular formula is C18H21N5O3. The Kier molecular flexibility index (Phi) is 4.44. The lowest BCUT2D eigenvalue weighted by atomic mass is 10.2. The van der Waals surface area contributed by atoms with Crippen molar-refractivity contribution in [3.05, 3.63) is 47.8 Å². The second kappa shape index (κ2) is 6.89. The van der Waals surface area contributed by atoms with Crippen molar-refractivity contribution in [2.24, 2.45) is 11.8 Å². The van der Waals surface area contributed by atoms with Gasteiger partial charge >= 0.3 is 0 Å². The Labute approximate surface area is 151 Å². The minimum absolute atomic E-state index is 0.236. The van der Waals surface area contributed by atoms with Crippen molar-refractivity contribution in [2.75, 3.05) is 25.1 Å². The monoisotopic (exact) mass is 355 g/mol. The highest BCUT2D eigenvalue weighted by molar-refractivity contribution is 5.92. The number of nitrogens with one attached hydrogen (secondary N) is 2. The van der Waals surface area contributed by atoms with Gasteiger partial charge in [0.15, 0.2) is 0 Å². The first-order valence-electron chi connectivity index (χ1n) is 8.57. The lowest BCUT2D eigenvalue weighted by molar-refractivity contribution is 0.0705. The topological polar surface area (TPSA) is 99.6 Å². The molecule has 4 rings (SSSR count). The molecule has 2 unspecified atom stereocenters. The fourth-order valence-electron chi connectivity index (χ4n) is 3.64. The number of amides is 1. The molecule has 2 aliphatic rings. The van der Waals surface area contributed by atoms with Crippen LogP contribution in [0.3, 0.4) is 0 Å². The summed E-state index contributed by atoms with van der Waals surface area (Å²) in [6.07, 6.45) is 2.86. The molecule has 2 heterocycles. The van der Waals surface area contributed by atoms with E-state index in [4.69, 9.17) is 9.94 Å². The summed E-state index contributed by atoms with van der Waals surface area (Å²) < 4.78 is 5.18. The Morgan fingerprint density at radius 1 is 1.23 bits per heavy atom. The molecule has 8 nitrogen and oxygen atoms in total. The molecular weight excluding hydrogens is 334 g/mol. The molecule has 2 atom stereocenters. The van der Waals surface area contributed by atoms with Gasteiger partial charge in [0.05, 0.1) is 12.7 Å². The molecule has 26 heavy (non-hydrogen) atoms. The minimum Gasteiger partial charge on any atom is -0.497 e. The predicted octanol–water partition coefficient (Wildman–Crippen LogP) is 0.829. The zero-order valence-electron chi connectivity index (χ0n) is 14.4. The number of aromatic nitrogens is 2. The van der Waals surface area contributed by atoms with E-state index in [1.54, 1.807) is 12.6 Å². The molecule has 8 heteroatoms. The number of anilines is 1. The maximum atomic E-state index is 11.3. The molecule has 3 N–H and O–H groups in total. The second-order valence-corrected chi connectivity index (χ2v) is 6.70. The average molecular weight is 355 g/mol. The van der Waals surface area contributed by atoms with E-state index >= 15 is 0 Å². The van der Waals surface area contributed by atoms with Gasteiger partial charge in [-0.3, -0.25) is 10.0 Å². The van der Waals surface area contributed by atoms with Crippen LogP contribution in [0.2, 0.25) is 0 Å². The predicted molar refractivity (Wildman–Crippen MR) is 94.1 cm³/mol. The lowest BCUT2D eigenvalue weighted by Gasteiger charge is -2.20. The van der Waals surface area contributed by atoms with Crippen molar-refractivity contribution < 1.29 is 14.7 Å². The highest BCUT2D eigenvalue weighted by Crippen LogP contribution is 2.46. The summed E-state index contributed by atoms with van der Waals surface area (Å²) >= 11 is 0. The van der Waals surface area contributed by atoms with Gasteiger partial charge in [-0.05, 0) is 29.5 Å². The molecule has 2 fully saturated rings. The lowest BCUT2D eigenvalue weighted by Crippen LogP contribution is -2.32. The summed E-state index contributed by atoms with van der Waals surface area (Å²) in [6.45, 7) is 2.68. The van der Waals surface area contributed by atoms with E-state index in [-0.39, 0.29) is 5.56 Å². The van der Waals surface area contributed by atoms with E-state index in [9.17, 15) is 4.79 Å². The van der Waals surface area contributed by atoms with Gasteiger partial charge in [-0.15, -0.1) is 0 Å². The SMILES string of the molecule is COc1ccc(CNC2C3CN(c4ncc(C(=O)NO)cn4)CC32)cc1. The summed E-state index contributed by atoms with van der Waals surface area (Å²) in [5.74, 6) is 2.11. The Morgan fingerprint density at radius 3 is 2.46 bits per heavy atom. The number of fused-ring (bicyclic) bond motifs is 1. The van der Waals surface area contributed by atoms with Gasteiger partial charge in [-0.1, -0.05) is 12.1 Å². The highest BCUT2D eigenvalue weighted by Gasteiger charge is 2.55. The number of carbonyl (C=O) groups excluding carboxylic acids is 1. The quantitative estimate of drug-likeness (QED) is 0.521. The fraction of sp³-hybridized carbons (Fsp3) is 0.389. The summed E-state index contributed by atoms with van der Waals surface area (Å²) in [7, 11) is 1.67. The van der Waals surface area contributed by atoms with E-state index in [2.05, 4.69) is 32.3 Å². The molecule has 2 aromatic rings. The zero-order valence-corrected chi connectivity index (χ0v) is 14.4. The summed E-state index contributed by atoms with van der Waals surface area (Å²) in [5, 5.41) is 12.2. The number of methoxy groups -OCH3 is 1. The number of hydroxylamine groups is 1. The van der Waals surface area contributed by atoms with Crippen molar-refractivity contribution in [3.63, 3.8) is 0 Å². The number of benzene rings is 1. The molecule has 136 valence electrons. The van der Waals surface area contributed by atoms with Crippen molar-refractivity contribution in [1.29, 1.82) is 0 Å². The summed E-state index contributed by atoms with van der Waals surface area (Å²) in [4.78, 5) is 21.9. The van der Waals surface area contributed by atoms with Crippen LogP contribution in [0.25, 0.3) is 0 Å². The van der Waals surface area contributed by atoms with Crippen LogP contribution in [0.15, 0.2) is 36.7 Å². The first-order valence-corrected chi connectivity index (χ1v) is 8.57. The fourth-order valence-corrected chi connectivity index (χ4v) is 3.64. The Balaban J connectivity index is 1.27. The molecule has 1 aromatic heterocycles. The molecule has 1 amide bonds. The van der Waals surface area contributed by atoms with Crippen LogP contribution in [-0.4, -0.2) is 47.3 Å². The number of hydrogen-bond acceptors (Lipinski definition) is 7. The van der Waals surface area contributed by atoms with Gasteiger partial charge in [0, 0.05) is 38.1 Å². The molecule has 1 aromatic carbocycles. The number of piperidine rings is 1. The van der Waals surface area contributed by atoms with Gasteiger partial charge in [-0.25, -0.2) is 15.4 Å². The van der Waals surface area contributed by atoms with Crippen LogP contribution in [0, 0.1) is 11.8 Å². The second-order valence-electron chi connectivity index (χ2n) is 6.70. The van der Waals surface area contributed by atoms with Gasteiger partial charge in [0.25, 0.3) is 5.91 Å². The van der Waals surface area contributed by atoms with E-state index in [0.29, 0.717) is 23.8 Å². The maximum Gasteiger partial charge on any atom is 0.277 e. The van der Waals surface area contributed by atoms with Crippen molar-refractivity contribution in [1.82, 2.24) is 20.8 Å². The number of carbonyl (C=O) groups is 1. The van der Waals surface area contributed by atoms with Crippen molar-refractivity contribution in [2.45, 2.75) is 12.6 Å².